The molecular formula is C19H25N. The van der Waals surface area contributed by atoms with Crippen molar-refractivity contribution in [3.05, 3.63) is 69.8 Å². The molecule has 1 unspecified atom stereocenters. The minimum Gasteiger partial charge on any atom is -0.313 e. The van der Waals surface area contributed by atoms with Gasteiger partial charge >= 0.3 is 0 Å². The first kappa shape index (κ1) is 14.8. The van der Waals surface area contributed by atoms with E-state index in [2.05, 4.69) is 69.4 Å². The summed E-state index contributed by atoms with van der Waals surface area (Å²) in [4.78, 5) is 0. The van der Waals surface area contributed by atoms with Crippen molar-refractivity contribution in [2.75, 3.05) is 7.05 Å². The molecule has 2 aromatic rings. The van der Waals surface area contributed by atoms with E-state index in [-0.39, 0.29) is 0 Å². The maximum absolute atomic E-state index is 3.46. The molecule has 20 heavy (non-hydrogen) atoms. The van der Waals surface area contributed by atoms with Crippen LogP contribution in [0.15, 0.2) is 36.4 Å². The van der Waals surface area contributed by atoms with E-state index in [9.17, 15) is 0 Å². The molecular weight excluding hydrogens is 242 g/mol. The van der Waals surface area contributed by atoms with Crippen molar-refractivity contribution < 1.29 is 0 Å². The third-order valence-corrected chi connectivity index (χ3v) is 4.21. The Morgan fingerprint density at radius 3 is 2.20 bits per heavy atom. The molecule has 0 radical (unpaired) electrons. The van der Waals surface area contributed by atoms with E-state index < -0.39 is 0 Å². The number of aryl methyl sites for hydroxylation is 4. The monoisotopic (exact) mass is 267 g/mol. The van der Waals surface area contributed by atoms with Crippen molar-refractivity contribution in [3.8, 4) is 0 Å². The van der Waals surface area contributed by atoms with Gasteiger partial charge in [-0.25, -0.2) is 0 Å². The van der Waals surface area contributed by atoms with Crippen molar-refractivity contribution in [2.24, 2.45) is 0 Å². The van der Waals surface area contributed by atoms with Crippen LogP contribution in [0.3, 0.4) is 0 Å². The molecule has 0 amide bonds. The fraction of sp³-hybridized carbons (Fsp3) is 0.368. The fourth-order valence-electron chi connectivity index (χ4n) is 2.61. The molecule has 0 aliphatic rings. The predicted molar refractivity (Wildman–Crippen MR) is 87.3 cm³/mol. The second kappa shape index (κ2) is 6.23. The molecule has 0 aliphatic heterocycles. The third kappa shape index (κ3) is 3.29. The van der Waals surface area contributed by atoms with E-state index >= 15 is 0 Å². The number of hydrogen-bond donors (Lipinski definition) is 1. The first-order valence-corrected chi connectivity index (χ1v) is 7.32. The summed E-state index contributed by atoms with van der Waals surface area (Å²) in [6.45, 7) is 8.71. The number of rotatable bonds is 4. The summed E-state index contributed by atoms with van der Waals surface area (Å²) in [5.41, 5.74) is 8.23. The summed E-state index contributed by atoms with van der Waals surface area (Å²) in [6, 6.07) is 13.9. The van der Waals surface area contributed by atoms with Crippen molar-refractivity contribution in [3.63, 3.8) is 0 Å². The van der Waals surface area contributed by atoms with E-state index in [1.165, 1.54) is 33.4 Å². The average Bonchev–Trinajstić information content (AvgIpc) is 2.43. The summed E-state index contributed by atoms with van der Waals surface area (Å²) < 4.78 is 0. The first-order valence-electron chi connectivity index (χ1n) is 7.32. The van der Waals surface area contributed by atoms with Gasteiger partial charge in [0, 0.05) is 6.04 Å². The Morgan fingerprint density at radius 1 is 0.850 bits per heavy atom. The Balaban J connectivity index is 2.28. The van der Waals surface area contributed by atoms with E-state index in [0.717, 1.165) is 6.42 Å². The van der Waals surface area contributed by atoms with Crippen LogP contribution in [-0.4, -0.2) is 7.05 Å². The Hall–Kier alpha value is -1.60. The predicted octanol–water partition coefficient (Wildman–Crippen LogP) is 4.42. The molecule has 106 valence electrons. The van der Waals surface area contributed by atoms with Gasteiger partial charge in [-0.1, -0.05) is 42.0 Å². The topological polar surface area (TPSA) is 12.0 Å². The average molecular weight is 267 g/mol. The van der Waals surface area contributed by atoms with Gasteiger partial charge in [0.25, 0.3) is 0 Å². The minimum atomic E-state index is 0.370. The highest BCUT2D eigenvalue weighted by Crippen LogP contribution is 2.23. The van der Waals surface area contributed by atoms with Crippen LogP contribution in [0.2, 0.25) is 0 Å². The number of benzene rings is 2. The molecule has 0 bridgehead atoms. The van der Waals surface area contributed by atoms with Gasteiger partial charge in [0.15, 0.2) is 0 Å². The second-order valence-electron chi connectivity index (χ2n) is 5.82. The van der Waals surface area contributed by atoms with Crippen LogP contribution < -0.4 is 5.32 Å². The lowest BCUT2D eigenvalue weighted by Crippen LogP contribution is -2.19. The molecule has 2 rings (SSSR count). The van der Waals surface area contributed by atoms with Gasteiger partial charge in [0.1, 0.15) is 0 Å². The summed E-state index contributed by atoms with van der Waals surface area (Å²) in [5, 5.41) is 3.46. The molecule has 1 heteroatoms. The van der Waals surface area contributed by atoms with Crippen LogP contribution in [0, 0.1) is 27.7 Å². The second-order valence-corrected chi connectivity index (χ2v) is 5.82. The number of hydrogen-bond acceptors (Lipinski definition) is 1. The highest BCUT2D eigenvalue weighted by atomic mass is 14.9. The van der Waals surface area contributed by atoms with Gasteiger partial charge in [-0.3, -0.25) is 0 Å². The lowest BCUT2D eigenvalue weighted by molar-refractivity contribution is 0.590. The maximum Gasteiger partial charge on any atom is 0.0358 e. The zero-order valence-electron chi connectivity index (χ0n) is 13.2. The molecule has 0 aliphatic carbocycles. The Morgan fingerprint density at radius 2 is 1.55 bits per heavy atom. The first-order chi connectivity index (χ1) is 9.51. The van der Waals surface area contributed by atoms with Crippen LogP contribution in [0.4, 0.5) is 0 Å². The van der Waals surface area contributed by atoms with Crippen molar-refractivity contribution in [1.82, 2.24) is 5.32 Å². The molecule has 0 fully saturated rings. The smallest absolute Gasteiger partial charge is 0.0358 e. The van der Waals surface area contributed by atoms with Gasteiger partial charge in [0.2, 0.25) is 0 Å². The van der Waals surface area contributed by atoms with Gasteiger partial charge in [-0.05, 0) is 69.0 Å². The van der Waals surface area contributed by atoms with Crippen LogP contribution >= 0.6 is 0 Å². The van der Waals surface area contributed by atoms with Crippen LogP contribution in [0.1, 0.15) is 39.4 Å². The Bertz CT molecular complexity index is 599. The van der Waals surface area contributed by atoms with Crippen LogP contribution in [-0.2, 0) is 6.42 Å². The third-order valence-electron chi connectivity index (χ3n) is 4.21. The summed E-state index contributed by atoms with van der Waals surface area (Å²) in [6.07, 6.45) is 1.03. The summed E-state index contributed by atoms with van der Waals surface area (Å²) in [7, 11) is 2.05. The Kier molecular flexibility index (Phi) is 4.61. The van der Waals surface area contributed by atoms with Gasteiger partial charge in [0.05, 0.1) is 0 Å². The number of likely N-dealkylation sites (N-methyl/N-ethyl adjacent to an activating group) is 1. The van der Waals surface area contributed by atoms with Gasteiger partial charge in [-0.2, -0.15) is 0 Å². The van der Waals surface area contributed by atoms with E-state index in [1.807, 2.05) is 7.05 Å². The van der Waals surface area contributed by atoms with Crippen molar-refractivity contribution in [1.29, 1.82) is 0 Å². The zero-order valence-corrected chi connectivity index (χ0v) is 13.2. The van der Waals surface area contributed by atoms with Gasteiger partial charge in [-0.15, -0.1) is 0 Å². The molecule has 0 saturated heterocycles. The molecule has 0 heterocycles. The Labute approximate surface area is 123 Å². The van der Waals surface area contributed by atoms with Crippen molar-refractivity contribution >= 4 is 0 Å². The summed E-state index contributed by atoms with van der Waals surface area (Å²) >= 11 is 0. The largest absolute Gasteiger partial charge is 0.313 e. The molecule has 0 saturated carbocycles. The highest BCUT2D eigenvalue weighted by molar-refractivity contribution is 5.35. The number of nitrogens with one attached hydrogen (secondary N) is 1. The lowest BCUT2D eigenvalue weighted by Gasteiger charge is -2.19. The maximum atomic E-state index is 3.46. The van der Waals surface area contributed by atoms with Crippen LogP contribution in [0.5, 0.6) is 0 Å². The van der Waals surface area contributed by atoms with Crippen molar-refractivity contribution in [2.45, 2.75) is 40.2 Å². The van der Waals surface area contributed by atoms with Crippen LogP contribution in [0.25, 0.3) is 0 Å². The quantitative estimate of drug-likeness (QED) is 0.864. The molecule has 1 atom stereocenters. The fourth-order valence-corrected chi connectivity index (χ4v) is 2.61. The standard InChI is InChI=1S/C19H25N/c1-13-6-7-15(3)18(10-13)12-19(20-5)17-9-8-14(2)16(4)11-17/h6-11,19-20H,12H2,1-5H3. The van der Waals surface area contributed by atoms with E-state index in [1.54, 1.807) is 0 Å². The SMILES string of the molecule is CNC(Cc1cc(C)ccc1C)c1ccc(C)c(C)c1. The molecule has 1 nitrogen and oxygen atoms in total. The molecule has 0 spiro atoms. The molecule has 1 N–H and O–H groups in total. The van der Waals surface area contributed by atoms with Gasteiger partial charge < -0.3 is 5.32 Å². The zero-order chi connectivity index (χ0) is 14.7. The summed E-state index contributed by atoms with van der Waals surface area (Å²) in [5.74, 6) is 0. The lowest BCUT2D eigenvalue weighted by atomic mass is 9.93. The van der Waals surface area contributed by atoms with E-state index in [0.29, 0.717) is 6.04 Å². The minimum absolute atomic E-state index is 0.370. The highest BCUT2D eigenvalue weighted by Gasteiger charge is 2.12. The normalized spacial score (nSPS) is 12.4. The molecule has 0 aromatic heterocycles. The molecule has 2 aromatic carbocycles. The van der Waals surface area contributed by atoms with E-state index in [4.69, 9.17) is 0 Å².